The maximum Gasteiger partial charge on any atom is 0.184 e. The zero-order chi connectivity index (χ0) is 7.07. The highest BCUT2D eigenvalue weighted by molar-refractivity contribution is 6.69. The second kappa shape index (κ2) is 2.07. The molecule has 0 radical (unpaired) electrons. The highest BCUT2D eigenvalue weighted by atomic mass is 28.4. The summed E-state index contributed by atoms with van der Waals surface area (Å²) < 4.78 is 5.55. The van der Waals surface area contributed by atoms with E-state index in [1.54, 1.807) is 0 Å². The summed E-state index contributed by atoms with van der Waals surface area (Å²) in [5, 5.41) is 8.89. The minimum atomic E-state index is -1.36. The molecule has 0 amide bonds. The minimum absolute atomic E-state index is 0.156. The summed E-state index contributed by atoms with van der Waals surface area (Å²) in [6, 6.07) is 0. The smallest absolute Gasteiger partial charge is 0.184 e. The lowest BCUT2D eigenvalue weighted by molar-refractivity contribution is 0.190. The van der Waals surface area contributed by atoms with Crippen molar-refractivity contribution in [3.63, 3.8) is 0 Å². The lowest BCUT2D eigenvalue weighted by Crippen LogP contribution is -2.27. The van der Waals surface area contributed by atoms with Gasteiger partial charge >= 0.3 is 0 Å². The predicted molar refractivity (Wildman–Crippen MR) is 38.8 cm³/mol. The summed E-state index contributed by atoms with van der Waals surface area (Å²) in [7, 11) is -1.36. The summed E-state index contributed by atoms with van der Waals surface area (Å²) in [5.41, 5.74) is 0. The Morgan fingerprint density at radius 1 is 1.44 bits per heavy atom. The Balaban J connectivity index is 2.19. The van der Waals surface area contributed by atoms with Gasteiger partial charge in [-0.05, 0) is 19.6 Å². The minimum Gasteiger partial charge on any atom is -0.412 e. The van der Waals surface area contributed by atoms with Gasteiger partial charge in [0.1, 0.15) is 0 Å². The Labute approximate surface area is 57.0 Å². The van der Waals surface area contributed by atoms with E-state index < -0.39 is 8.32 Å². The predicted octanol–water partition coefficient (Wildman–Crippen LogP) is 0.971. The molecule has 1 fully saturated rings. The standard InChI is InChI=1S/C6H14O2Si/c1-9(2,3)8-6-4-5(6)7/h5-7H,4H2,1-3H3. The van der Waals surface area contributed by atoms with Crippen LogP contribution >= 0.6 is 0 Å². The zero-order valence-corrected chi connectivity index (χ0v) is 7.22. The molecule has 1 aliphatic rings. The van der Waals surface area contributed by atoms with Crippen LogP contribution in [0.2, 0.25) is 19.6 Å². The van der Waals surface area contributed by atoms with E-state index in [9.17, 15) is 0 Å². The van der Waals surface area contributed by atoms with Crippen LogP contribution in [0.25, 0.3) is 0 Å². The van der Waals surface area contributed by atoms with Crippen molar-refractivity contribution in [3.8, 4) is 0 Å². The molecule has 2 unspecified atom stereocenters. The summed E-state index contributed by atoms with van der Waals surface area (Å²) in [6.45, 7) is 6.41. The van der Waals surface area contributed by atoms with Crippen LogP contribution in [0.4, 0.5) is 0 Å². The molecule has 0 bridgehead atoms. The van der Waals surface area contributed by atoms with E-state index in [4.69, 9.17) is 9.53 Å². The van der Waals surface area contributed by atoms with Gasteiger partial charge in [0.2, 0.25) is 0 Å². The number of rotatable bonds is 2. The van der Waals surface area contributed by atoms with Crippen molar-refractivity contribution in [3.05, 3.63) is 0 Å². The SMILES string of the molecule is C[Si](C)(C)OC1CC1O. The van der Waals surface area contributed by atoms with Crippen LogP contribution in [0.3, 0.4) is 0 Å². The molecular weight excluding hydrogens is 132 g/mol. The molecule has 0 heterocycles. The first-order chi connectivity index (χ1) is 3.99. The first kappa shape index (κ1) is 7.25. The molecule has 1 rings (SSSR count). The van der Waals surface area contributed by atoms with Crippen LogP contribution in [0.15, 0.2) is 0 Å². The van der Waals surface area contributed by atoms with Gasteiger partial charge < -0.3 is 9.53 Å². The third-order valence-corrected chi connectivity index (χ3v) is 2.21. The fraction of sp³-hybridized carbons (Fsp3) is 1.00. The van der Waals surface area contributed by atoms with Crippen molar-refractivity contribution in [2.24, 2.45) is 0 Å². The Morgan fingerprint density at radius 2 is 1.89 bits per heavy atom. The van der Waals surface area contributed by atoms with Crippen LogP contribution < -0.4 is 0 Å². The molecule has 0 aromatic carbocycles. The largest absolute Gasteiger partial charge is 0.412 e. The fourth-order valence-corrected chi connectivity index (χ4v) is 1.90. The summed E-state index contributed by atoms with van der Waals surface area (Å²) in [4.78, 5) is 0. The Hall–Kier alpha value is 0.137. The first-order valence-corrected chi connectivity index (χ1v) is 6.76. The molecule has 54 valence electrons. The van der Waals surface area contributed by atoms with Gasteiger partial charge in [0.05, 0.1) is 12.2 Å². The maximum absolute atomic E-state index is 8.89. The van der Waals surface area contributed by atoms with E-state index in [0.717, 1.165) is 6.42 Å². The average molecular weight is 146 g/mol. The van der Waals surface area contributed by atoms with Gasteiger partial charge in [0.15, 0.2) is 8.32 Å². The van der Waals surface area contributed by atoms with Gasteiger partial charge in [0.25, 0.3) is 0 Å². The third-order valence-electron chi connectivity index (χ3n) is 1.20. The quantitative estimate of drug-likeness (QED) is 0.588. The normalized spacial score (nSPS) is 34.7. The molecule has 3 heteroatoms. The molecule has 0 aliphatic heterocycles. The molecule has 0 saturated heterocycles. The van der Waals surface area contributed by atoms with Crippen molar-refractivity contribution in [2.45, 2.75) is 38.3 Å². The van der Waals surface area contributed by atoms with Crippen molar-refractivity contribution >= 4 is 8.32 Å². The maximum atomic E-state index is 8.89. The molecule has 9 heavy (non-hydrogen) atoms. The Bertz CT molecular complexity index is 108. The van der Waals surface area contributed by atoms with Crippen LogP contribution in [0.1, 0.15) is 6.42 Å². The molecular formula is C6H14O2Si. The van der Waals surface area contributed by atoms with Crippen LogP contribution in [-0.2, 0) is 4.43 Å². The topological polar surface area (TPSA) is 29.5 Å². The molecule has 2 atom stereocenters. The van der Waals surface area contributed by atoms with Gasteiger partial charge in [-0.25, -0.2) is 0 Å². The fourth-order valence-electron chi connectivity index (χ4n) is 0.740. The van der Waals surface area contributed by atoms with Crippen molar-refractivity contribution in [2.75, 3.05) is 0 Å². The average Bonchev–Trinajstić information content (AvgIpc) is 2.13. The molecule has 0 aromatic rings. The molecule has 0 aromatic heterocycles. The number of aliphatic hydroxyl groups is 1. The molecule has 1 N–H and O–H groups in total. The van der Waals surface area contributed by atoms with Crippen LogP contribution in [0.5, 0.6) is 0 Å². The van der Waals surface area contributed by atoms with E-state index in [1.807, 2.05) is 0 Å². The van der Waals surface area contributed by atoms with Gasteiger partial charge in [-0.3, -0.25) is 0 Å². The molecule has 1 saturated carbocycles. The van der Waals surface area contributed by atoms with E-state index >= 15 is 0 Å². The van der Waals surface area contributed by atoms with E-state index in [2.05, 4.69) is 19.6 Å². The lowest BCUT2D eigenvalue weighted by Gasteiger charge is -2.15. The van der Waals surface area contributed by atoms with Crippen LogP contribution in [-0.4, -0.2) is 25.6 Å². The van der Waals surface area contributed by atoms with Crippen molar-refractivity contribution in [1.29, 1.82) is 0 Å². The second-order valence-electron chi connectivity index (χ2n) is 3.57. The van der Waals surface area contributed by atoms with Crippen LogP contribution in [0, 0.1) is 0 Å². The summed E-state index contributed by atoms with van der Waals surface area (Å²) in [5.74, 6) is 0. The lowest BCUT2D eigenvalue weighted by atomic mass is 10.8. The number of hydrogen-bond acceptors (Lipinski definition) is 2. The van der Waals surface area contributed by atoms with Gasteiger partial charge in [0, 0.05) is 6.42 Å². The molecule has 0 spiro atoms. The Kier molecular flexibility index (Phi) is 1.67. The Morgan fingerprint density at radius 3 is 2.00 bits per heavy atom. The molecule has 1 aliphatic carbocycles. The third kappa shape index (κ3) is 2.47. The highest BCUT2D eigenvalue weighted by Crippen LogP contribution is 2.27. The summed E-state index contributed by atoms with van der Waals surface area (Å²) >= 11 is 0. The van der Waals surface area contributed by atoms with Gasteiger partial charge in [-0.2, -0.15) is 0 Å². The molecule has 2 nitrogen and oxygen atoms in total. The van der Waals surface area contributed by atoms with E-state index in [1.165, 1.54) is 0 Å². The monoisotopic (exact) mass is 146 g/mol. The second-order valence-corrected chi connectivity index (χ2v) is 8.03. The van der Waals surface area contributed by atoms with E-state index in [-0.39, 0.29) is 12.2 Å². The van der Waals surface area contributed by atoms with E-state index in [0.29, 0.717) is 0 Å². The van der Waals surface area contributed by atoms with Gasteiger partial charge in [-0.1, -0.05) is 0 Å². The van der Waals surface area contributed by atoms with Gasteiger partial charge in [-0.15, -0.1) is 0 Å². The number of aliphatic hydroxyl groups excluding tert-OH is 1. The van der Waals surface area contributed by atoms with Crippen molar-refractivity contribution in [1.82, 2.24) is 0 Å². The zero-order valence-electron chi connectivity index (χ0n) is 6.22. The summed E-state index contributed by atoms with van der Waals surface area (Å²) in [6.07, 6.45) is 0.873. The highest BCUT2D eigenvalue weighted by Gasteiger charge is 2.39. The van der Waals surface area contributed by atoms with Crippen molar-refractivity contribution < 1.29 is 9.53 Å². The number of hydrogen-bond donors (Lipinski definition) is 1. The first-order valence-electron chi connectivity index (χ1n) is 3.35.